The smallest absolute Gasteiger partial charge is 0.0705 e. The van der Waals surface area contributed by atoms with Crippen LogP contribution >= 0.6 is 0 Å². The summed E-state index contributed by atoms with van der Waals surface area (Å²) in [6.45, 7) is 0. The summed E-state index contributed by atoms with van der Waals surface area (Å²) in [6, 6.07) is 18.9. The quantitative estimate of drug-likeness (QED) is 0.673. The van der Waals surface area contributed by atoms with E-state index in [2.05, 4.69) is 42.5 Å². The number of nitrogens with zero attached hydrogens (tertiary/aromatic N) is 1. The molecule has 0 saturated carbocycles. The van der Waals surface area contributed by atoms with E-state index in [4.69, 9.17) is 10.7 Å². The van der Waals surface area contributed by atoms with Crippen LogP contribution in [-0.2, 0) is 12.8 Å². The Hall–Kier alpha value is -2.19. The SMILES string of the molecule is NC1c2ccccc2CCc2nc3ccccc3cc21. The van der Waals surface area contributed by atoms with Crippen LogP contribution in [0.3, 0.4) is 0 Å². The highest BCUT2D eigenvalue weighted by molar-refractivity contribution is 5.79. The monoisotopic (exact) mass is 260 g/mol. The Labute approximate surface area is 118 Å². The van der Waals surface area contributed by atoms with Gasteiger partial charge in [-0.3, -0.25) is 4.98 Å². The Morgan fingerprint density at radius 3 is 2.65 bits per heavy atom. The molecule has 0 radical (unpaired) electrons. The van der Waals surface area contributed by atoms with Gasteiger partial charge in [-0.1, -0.05) is 42.5 Å². The van der Waals surface area contributed by atoms with E-state index >= 15 is 0 Å². The van der Waals surface area contributed by atoms with Crippen molar-refractivity contribution in [2.75, 3.05) is 0 Å². The first kappa shape index (κ1) is 11.6. The molecule has 1 aromatic heterocycles. The van der Waals surface area contributed by atoms with Crippen molar-refractivity contribution in [2.24, 2.45) is 5.73 Å². The van der Waals surface area contributed by atoms with Crippen LogP contribution in [-0.4, -0.2) is 4.98 Å². The van der Waals surface area contributed by atoms with Crippen LogP contribution in [0.15, 0.2) is 54.6 Å². The van der Waals surface area contributed by atoms with E-state index in [0.29, 0.717) is 0 Å². The van der Waals surface area contributed by atoms with Crippen molar-refractivity contribution in [3.05, 3.63) is 77.0 Å². The third kappa shape index (κ3) is 1.73. The Kier molecular flexibility index (Phi) is 2.57. The molecule has 3 aromatic rings. The molecular formula is C18H16N2. The summed E-state index contributed by atoms with van der Waals surface area (Å²) in [4.78, 5) is 4.83. The minimum atomic E-state index is -0.0687. The van der Waals surface area contributed by atoms with Crippen LogP contribution in [0.4, 0.5) is 0 Å². The summed E-state index contributed by atoms with van der Waals surface area (Å²) in [5, 5.41) is 1.17. The van der Waals surface area contributed by atoms with Gasteiger partial charge in [-0.05, 0) is 41.7 Å². The van der Waals surface area contributed by atoms with Crippen LogP contribution in [0.25, 0.3) is 10.9 Å². The van der Waals surface area contributed by atoms with E-state index in [1.54, 1.807) is 0 Å². The maximum absolute atomic E-state index is 6.51. The first-order chi connectivity index (χ1) is 9.83. The van der Waals surface area contributed by atoms with Crippen LogP contribution < -0.4 is 5.73 Å². The largest absolute Gasteiger partial charge is 0.320 e. The molecular weight excluding hydrogens is 244 g/mol. The molecule has 0 spiro atoms. The highest BCUT2D eigenvalue weighted by Gasteiger charge is 2.21. The van der Waals surface area contributed by atoms with Gasteiger partial charge in [-0.15, -0.1) is 0 Å². The van der Waals surface area contributed by atoms with Crippen molar-refractivity contribution >= 4 is 10.9 Å². The Morgan fingerprint density at radius 2 is 1.70 bits per heavy atom. The number of hydrogen-bond acceptors (Lipinski definition) is 2. The number of hydrogen-bond donors (Lipinski definition) is 1. The van der Waals surface area contributed by atoms with Crippen molar-refractivity contribution in [3.63, 3.8) is 0 Å². The molecule has 2 aromatic carbocycles. The number of para-hydroxylation sites is 1. The molecule has 2 N–H and O–H groups in total. The average molecular weight is 260 g/mol. The lowest BCUT2D eigenvalue weighted by molar-refractivity contribution is 0.855. The third-order valence-corrected chi connectivity index (χ3v) is 4.19. The average Bonchev–Trinajstić information content (AvgIpc) is 2.64. The Balaban J connectivity index is 1.96. The van der Waals surface area contributed by atoms with Gasteiger partial charge in [0, 0.05) is 11.1 Å². The molecule has 1 aliphatic carbocycles. The third-order valence-electron chi connectivity index (χ3n) is 4.19. The van der Waals surface area contributed by atoms with E-state index in [1.807, 2.05) is 12.1 Å². The van der Waals surface area contributed by atoms with Gasteiger partial charge in [-0.25, -0.2) is 0 Å². The second-order valence-electron chi connectivity index (χ2n) is 5.39. The summed E-state index contributed by atoms with van der Waals surface area (Å²) in [7, 11) is 0. The topological polar surface area (TPSA) is 38.9 Å². The second kappa shape index (κ2) is 4.43. The number of nitrogens with two attached hydrogens (primary N) is 1. The summed E-state index contributed by atoms with van der Waals surface area (Å²) >= 11 is 0. The van der Waals surface area contributed by atoms with Gasteiger partial charge in [-0.2, -0.15) is 0 Å². The van der Waals surface area contributed by atoms with Gasteiger partial charge < -0.3 is 5.73 Å². The van der Waals surface area contributed by atoms with E-state index in [-0.39, 0.29) is 6.04 Å². The van der Waals surface area contributed by atoms with Gasteiger partial charge >= 0.3 is 0 Å². The summed E-state index contributed by atoms with van der Waals surface area (Å²) in [6.07, 6.45) is 1.98. The van der Waals surface area contributed by atoms with Crippen LogP contribution in [0.5, 0.6) is 0 Å². The minimum absolute atomic E-state index is 0.0687. The summed E-state index contributed by atoms with van der Waals surface area (Å²) in [5.74, 6) is 0. The molecule has 0 amide bonds. The number of pyridine rings is 1. The number of fused-ring (bicyclic) bond motifs is 3. The summed E-state index contributed by atoms with van der Waals surface area (Å²) in [5.41, 5.74) is 12.5. The maximum Gasteiger partial charge on any atom is 0.0705 e. The molecule has 1 aliphatic rings. The highest BCUT2D eigenvalue weighted by atomic mass is 14.7. The summed E-state index contributed by atoms with van der Waals surface area (Å²) < 4.78 is 0. The van der Waals surface area contributed by atoms with Crippen molar-refractivity contribution < 1.29 is 0 Å². The molecule has 2 heteroatoms. The van der Waals surface area contributed by atoms with Gasteiger partial charge in [0.1, 0.15) is 0 Å². The van der Waals surface area contributed by atoms with Crippen molar-refractivity contribution in [3.8, 4) is 0 Å². The molecule has 0 fully saturated rings. The Morgan fingerprint density at radius 1 is 0.900 bits per heavy atom. The number of rotatable bonds is 0. The first-order valence-corrected chi connectivity index (χ1v) is 7.05. The van der Waals surface area contributed by atoms with Crippen molar-refractivity contribution in [1.29, 1.82) is 0 Å². The van der Waals surface area contributed by atoms with E-state index in [0.717, 1.165) is 24.1 Å². The lowest BCUT2D eigenvalue weighted by atomic mass is 9.96. The predicted octanol–water partition coefficient (Wildman–Crippen LogP) is 3.38. The number of benzene rings is 2. The van der Waals surface area contributed by atoms with Gasteiger partial charge in [0.05, 0.1) is 11.6 Å². The number of aromatic nitrogens is 1. The van der Waals surface area contributed by atoms with E-state index in [9.17, 15) is 0 Å². The zero-order valence-corrected chi connectivity index (χ0v) is 11.2. The molecule has 1 unspecified atom stereocenters. The zero-order chi connectivity index (χ0) is 13.5. The fraction of sp³-hybridized carbons (Fsp3) is 0.167. The standard InChI is InChI=1S/C18H16N2/c19-18-14-7-3-1-5-12(14)9-10-17-15(18)11-13-6-2-4-8-16(13)20-17/h1-8,11,18H,9-10,19H2. The molecule has 4 rings (SSSR count). The lowest BCUT2D eigenvalue weighted by Crippen LogP contribution is -2.14. The fourth-order valence-electron chi connectivity index (χ4n) is 3.13. The predicted molar refractivity (Wildman–Crippen MR) is 81.6 cm³/mol. The maximum atomic E-state index is 6.51. The highest BCUT2D eigenvalue weighted by Crippen LogP contribution is 2.31. The number of aryl methyl sites for hydroxylation is 2. The van der Waals surface area contributed by atoms with Crippen molar-refractivity contribution in [1.82, 2.24) is 4.98 Å². The second-order valence-corrected chi connectivity index (χ2v) is 5.39. The zero-order valence-electron chi connectivity index (χ0n) is 11.2. The van der Waals surface area contributed by atoms with E-state index < -0.39 is 0 Å². The normalized spacial score (nSPS) is 17.4. The molecule has 2 nitrogen and oxygen atoms in total. The first-order valence-electron chi connectivity index (χ1n) is 7.05. The molecule has 0 saturated heterocycles. The van der Waals surface area contributed by atoms with Crippen molar-refractivity contribution in [2.45, 2.75) is 18.9 Å². The molecule has 1 atom stereocenters. The molecule has 0 aliphatic heterocycles. The van der Waals surface area contributed by atoms with Gasteiger partial charge in [0.15, 0.2) is 0 Å². The van der Waals surface area contributed by atoms with Gasteiger partial charge in [0.25, 0.3) is 0 Å². The fourth-order valence-corrected chi connectivity index (χ4v) is 3.13. The lowest BCUT2D eigenvalue weighted by Gasteiger charge is -2.15. The molecule has 20 heavy (non-hydrogen) atoms. The minimum Gasteiger partial charge on any atom is -0.320 e. The van der Waals surface area contributed by atoms with Crippen LogP contribution in [0.2, 0.25) is 0 Å². The Bertz CT molecular complexity index is 792. The molecule has 0 bridgehead atoms. The molecule has 98 valence electrons. The van der Waals surface area contributed by atoms with E-state index in [1.165, 1.54) is 22.1 Å². The van der Waals surface area contributed by atoms with Gasteiger partial charge in [0.2, 0.25) is 0 Å². The van der Waals surface area contributed by atoms with Crippen LogP contribution in [0.1, 0.15) is 28.4 Å². The molecule has 1 heterocycles. The van der Waals surface area contributed by atoms with Crippen LogP contribution in [0, 0.1) is 0 Å².